The summed E-state index contributed by atoms with van der Waals surface area (Å²) in [5.41, 5.74) is 0.839. The van der Waals surface area contributed by atoms with Gasteiger partial charge in [0.1, 0.15) is 12.3 Å². The smallest absolute Gasteiger partial charge is 0.277 e. The first-order valence-electron chi connectivity index (χ1n) is 8.10. The van der Waals surface area contributed by atoms with E-state index in [2.05, 4.69) is 5.32 Å². The van der Waals surface area contributed by atoms with E-state index in [0.29, 0.717) is 6.54 Å². The standard InChI is InChI=1S/C18H29N3O3/c1-18(2,3)19-16(22)12-21(5)17(23)13-20(4)11-14-7-9-15(24-6)10-8-14/h7-10H,11-13H2,1-6H3,(H,19,22)/p+1. The molecular weight excluding hydrogens is 306 g/mol. The highest BCUT2D eigenvalue weighted by Crippen LogP contribution is 2.10. The molecule has 0 radical (unpaired) electrons. The third-order valence-electron chi connectivity index (χ3n) is 3.44. The van der Waals surface area contributed by atoms with Crippen molar-refractivity contribution >= 4 is 11.8 Å². The van der Waals surface area contributed by atoms with E-state index in [4.69, 9.17) is 4.74 Å². The van der Waals surface area contributed by atoms with Gasteiger partial charge in [0, 0.05) is 18.2 Å². The zero-order chi connectivity index (χ0) is 18.3. The fraction of sp³-hybridized carbons (Fsp3) is 0.556. The van der Waals surface area contributed by atoms with Crippen molar-refractivity contribution in [3.8, 4) is 5.75 Å². The molecule has 0 aliphatic carbocycles. The third kappa shape index (κ3) is 7.46. The quantitative estimate of drug-likeness (QED) is 0.741. The van der Waals surface area contributed by atoms with Gasteiger partial charge in [-0.25, -0.2) is 0 Å². The van der Waals surface area contributed by atoms with Crippen LogP contribution in [0.25, 0.3) is 0 Å². The number of carbonyl (C=O) groups excluding carboxylic acids is 2. The van der Waals surface area contributed by atoms with Gasteiger partial charge in [-0.15, -0.1) is 0 Å². The highest BCUT2D eigenvalue weighted by Gasteiger charge is 2.20. The van der Waals surface area contributed by atoms with Gasteiger partial charge in [-0.3, -0.25) is 9.59 Å². The summed E-state index contributed by atoms with van der Waals surface area (Å²) in [6.45, 7) is 6.90. The summed E-state index contributed by atoms with van der Waals surface area (Å²) < 4.78 is 5.14. The zero-order valence-electron chi connectivity index (χ0n) is 15.6. The first kappa shape index (κ1) is 20.0. The fourth-order valence-electron chi connectivity index (χ4n) is 2.31. The average Bonchev–Trinajstić information content (AvgIpc) is 2.45. The molecule has 0 heterocycles. The molecule has 1 aromatic carbocycles. The average molecular weight is 336 g/mol. The summed E-state index contributed by atoms with van der Waals surface area (Å²) in [6, 6.07) is 7.81. The number of hydrogen-bond acceptors (Lipinski definition) is 3. The number of carbonyl (C=O) groups is 2. The number of nitrogens with one attached hydrogen (secondary N) is 2. The van der Waals surface area contributed by atoms with Crippen LogP contribution in [0.4, 0.5) is 0 Å². The summed E-state index contributed by atoms with van der Waals surface area (Å²) in [6.07, 6.45) is 0. The topological polar surface area (TPSA) is 63.1 Å². The summed E-state index contributed by atoms with van der Waals surface area (Å²) in [5, 5.41) is 2.86. The number of benzene rings is 1. The molecule has 0 spiro atoms. The molecule has 0 aromatic heterocycles. The molecule has 1 aromatic rings. The van der Waals surface area contributed by atoms with Crippen molar-refractivity contribution < 1.29 is 19.2 Å². The van der Waals surface area contributed by atoms with Crippen molar-refractivity contribution in [2.45, 2.75) is 32.9 Å². The van der Waals surface area contributed by atoms with E-state index in [0.717, 1.165) is 22.8 Å². The number of likely N-dealkylation sites (N-methyl/N-ethyl adjacent to an activating group) is 2. The van der Waals surface area contributed by atoms with Gasteiger partial charge in [-0.1, -0.05) is 0 Å². The normalized spacial score (nSPS) is 12.4. The van der Waals surface area contributed by atoms with Crippen molar-refractivity contribution in [1.82, 2.24) is 10.2 Å². The molecule has 2 amide bonds. The molecule has 24 heavy (non-hydrogen) atoms. The maximum Gasteiger partial charge on any atom is 0.277 e. The number of nitrogens with zero attached hydrogens (tertiary/aromatic N) is 1. The molecule has 6 nitrogen and oxygen atoms in total. The van der Waals surface area contributed by atoms with Crippen LogP contribution < -0.4 is 15.0 Å². The molecule has 0 saturated heterocycles. The number of ether oxygens (including phenoxy) is 1. The van der Waals surface area contributed by atoms with E-state index >= 15 is 0 Å². The van der Waals surface area contributed by atoms with E-state index in [-0.39, 0.29) is 23.9 Å². The molecule has 2 N–H and O–H groups in total. The maximum atomic E-state index is 12.3. The van der Waals surface area contributed by atoms with Crippen LogP contribution in [0.1, 0.15) is 26.3 Å². The van der Waals surface area contributed by atoms with Crippen LogP contribution >= 0.6 is 0 Å². The van der Waals surface area contributed by atoms with Gasteiger partial charge >= 0.3 is 0 Å². The van der Waals surface area contributed by atoms with Gasteiger partial charge < -0.3 is 19.9 Å². The highest BCUT2D eigenvalue weighted by atomic mass is 16.5. The first-order chi connectivity index (χ1) is 11.1. The lowest BCUT2D eigenvalue weighted by atomic mass is 10.1. The molecule has 0 saturated carbocycles. The summed E-state index contributed by atoms with van der Waals surface area (Å²) >= 11 is 0. The molecule has 1 atom stereocenters. The Hall–Kier alpha value is -2.08. The number of amides is 2. The van der Waals surface area contributed by atoms with Crippen molar-refractivity contribution in [3.05, 3.63) is 29.8 Å². The molecule has 0 bridgehead atoms. The Kier molecular flexibility index (Phi) is 7.22. The summed E-state index contributed by atoms with van der Waals surface area (Å²) in [5.74, 6) is 0.619. The van der Waals surface area contributed by atoms with E-state index in [1.54, 1.807) is 14.2 Å². The zero-order valence-corrected chi connectivity index (χ0v) is 15.6. The van der Waals surface area contributed by atoms with Gasteiger partial charge in [0.25, 0.3) is 5.91 Å². The van der Waals surface area contributed by atoms with Gasteiger partial charge in [-0.2, -0.15) is 0 Å². The van der Waals surface area contributed by atoms with Crippen molar-refractivity contribution in [3.63, 3.8) is 0 Å². The molecule has 134 valence electrons. The van der Waals surface area contributed by atoms with E-state index in [1.807, 2.05) is 52.1 Å². The second kappa shape index (κ2) is 8.68. The fourth-order valence-corrected chi connectivity index (χ4v) is 2.31. The third-order valence-corrected chi connectivity index (χ3v) is 3.44. The largest absolute Gasteiger partial charge is 0.497 e. The first-order valence-corrected chi connectivity index (χ1v) is 8.10. The van der Waals surface area contributed by atoms with Crippen molar-refractivity contribution in [2.24, 2.45) is 0 Å². The van der Waals surface area contributed by atoms with Crippen LogP contribution in [-0.2, 0) is 16.1 Å². The molecule has 0 aliphatic heterocycles. The lowest BCUT2D eigenvalue weighted by Gasteiger charge is -2.24. The maximum absolute atomic E-state index is 12.3. The Morgan fingerprint density at radius 2 is 1.79 bits per heavy atom. The van der Waals surface area contributed by atoms with Crippen LogP contribution in [0.3, 0.4) is 0 Å². The van der Waals surface area contributed by atoms with Crippen LogP contribution in [-0.4, -0.2) is 56.5 Å². The SMILES string of the molecule is COc1ccc(C[NH+](C)CC(=O)N(C)CC(=O)NC(C)(C)C)cc1. The highest BCUT2D eigenvalue weighted by molar-refractivity contribution is 5.85. The van der Waals surface area contributed by atoms with E-state index in [1.165, 1.54) is 4.90 Å². The van der Waals surface area contributed by atoms with Gasteiger partial charge in [-0.05, 0) is 45.0 Å². The van der Waals surface area contributed by atoms with Crippen LogP contribution in [0, 0.1) is 0 Å². The Morgan fingerprint density at radius 1 is 1.21 bits per heavy atom. The molecule has 0 fully saturated rings. The second-order valence-electron chi connectivity index (χ2n) is 7.21. The van der Waals surface area contributed by atoms with Gasteiger partial charge in [0.05, 0.1) is 20.7 Å². The van der Waals surface area contributed by atoms with E-state index < -0.39 is 0 Å². The van der Waals surface area contributed by atoms with Gasteiger partial charge in [0.15, 0.2) is 6.54 Å². The van der Waals surface area contributed by atoms with Gasteiger partial charge in [0.2, 0.25) is 5.91 Å². The molecule has 1 rings (SSSR count). The molecule has 6 heteroatoms. The predicted octanol–water partition coefficient (Wildman–Crippen LogP) is 0.0830. The molecular formula is C18H30N3O3+. The monoisotopic (exact) mass is 336 g/mol. The Balaban J connectivity index is 2.45. The Morgan fingerprint density at radius 3 is 2.29 bits per heavy atom. The minimum absolute atomic E-state index is 0.0509. The minimum Gasteiger partial charge on any atom is -0.497 e. The molecule has 1 unspecified atom stereocenters. The summed E-state index contributed by atoms with van der Waals surface area (Å²) in [7, 11) is 5.26. The number of rotatable bonds is 7. The Bertz CT molecular complexity index is 550. The lowest BCUT2D eigenvalue weighted by molar-refractivity contribution is -0.885. The number of quaternary nitrogens is 1. The summed E-state index contributed by atoms with van der Waals surface area (Å²) in [4.78, 5) is 26.7. The van der Waals surface area contributed by atoms with E-state index in [9.17, 15) is 9.59 Å². The Labute approximate surface area is 144 Å². The second-order valence-corrected chi connectivity index (χ2v) is 7.21. The van der Waals surface area contributed by atoms with Crippen molar-refractivity contribution in [2.75, 3.05) is 34.3 Å². The van der Waals surface area contributed by atoms with Crippen LogP contribution in [0.15, 0.2) is 24.3 Å². The lowest BCUT2D eigenvalue weighted by Crippen LogP contribution is -3.08. The predicted molar refractivity (Wildman–Crippen MR) is 94.0 cm³/mol. The minimum atomic E-state index is -0.294. The van der Waals surface area contributed by atoms with Crippen LogP contribution in [0.5, 0.6) is 5.75 Å². The number of hydrogen-bond donors (Lipinski definition) is 2. The molecule has 0 aliphatic rings. The van der Waals surface area contributed by atoms with Crippen molar-refractivity contribution in [1.29, 1.82) is 0 Å². The van der Waals surface area contributed by atoms with Crippen LogP contribution in [0.2, 0.25) is 0 Å². The number of methoxy groups -OCH3 is 1.